The van der Waals surface area contributed by atoms with E-state index >= 15 is 0 Å². The Morgan fingerprint density at radius 1 is 1.52 bits per heavy atom. The number of rotatable bonds is 6. The number of anilines is 2. The topological polar surface area (TPSA) is 90.0 Å². The molecule has 4 N–H and O–H groups in total. The number of pyridine rings is 2. The molecule has 6 heteroatoms. The summed E-state index contributed by atoms with van der Waals surface area (Å²) in [6.45, 7) is 9.20. The Morgan fingerprint density at radius 2 is 2.26 bits per heavy atom. The van der Waals surface area contributed by atoms with Gasteiger partial charge in [0.25, 0.3) is 5.56 Å². The lowest BCUT2D eigenvalue weighted by Crippen LogP contribution is -2.35. The van der Waals surface area contributed by atoms with Crippen LogP contribution in [0.2, 0.25) is 0 Å². The summed E-state index contributed by atoms with van der Waals surface area (Å²) in [5.74, 6) is 1.01. The van der Waals surface area contributed by atoms with E-state index in [1.54, 1.807) is 18.3 Å². The second-order valence-corrected chi connectivity index (χ2v) is 5.87. The molecule has 0 atom stereocenters. The third-order valence-corrected chi connectivity index (χ3v) is 3.41. The smallest absolute Gasteiger partial charge is 0.259 e. The van der Waals surface area contributed by atoms with Gasteiger partial charge in [0, 0.05) is 11.9 Å². The second-order valence-electron chi connectivity index (χ2n) is 5.87. The maximum atomic E-state index is 12.2. The summed E-state index contributed by atoms with van der Waals surface area (Å²) in [6, 6.07) is 3.61. The molecule has 122 valence electrons. The van der Waals surface area contributed by atoms with Gasteiger partial charge >= 0.3 is 0 Å². The maximum Gasteiger partial charge on any atom is 0.259 e. The van der Waals surface area contributed by atoms with Gasteiger partial charge in [0.15, 0.2) is 0 Å². The summed E-state index contributed by atoms with van der Waals surface area (Å²) < 4.78 is 0. The SMILES string of the molecule is C=C/C(=C/C)Nc1cc2cc[nH]c(=O)c2c(NC(C)(C)CO)n1. The van der Waals surface area contributed by atoms with Crippen molar-refractivity contribution in [2.24, 2.45) is 0 Å². The van der Waals surface area contributed by atoms with Crippen LogP contribution in [-0.2, 0) is 0 Å². The molecular formula is C17H22N4O2. The average Bonchev–Trinajstić information content (AvgIpc) is 2.52. The molecule has 0 aliphatic heterocycles. The molecule has 0 aliphatic rings. The number of aliphatic hydroxyl groups is 1. The number of fused-ring (bicyclic) bond motifs is 1. The van der Waals surface area contributed by atoms with E-state index in [1.807, 2.05) is 32.9 Å². The molecule has 0 fully saturated rings. The molecule has 0 aliphatic carbocycles. The highest BCUT2D eigenvalue weighted by molar-refractivity contribution is 5.93. The van der Waals surface area contributed by atoms with Gasteiger partial charge in [-0.05, 0) is 44.4 Å². The van der Waals surface area contributed by atoms with Crippen LogP contribution in [-0.4, -0.2) is 27.2 Å². The fraction of sp³-hybridized carbons (Fsp3) is 0.294. The molecular weight excluding hydrogens is 292 g/mol. The Kier molecular flexibility index (Phi) is 4.86. The summed E-state index contributed by atoms with van der Waals surface area (Å²) in [5.41, 5.74) is -0.0234. The lowest BCUT2D eigenvalue weighted by atomic mass is 10.1. The van der Waals surface area contributed by atoms with Crippen LogP contribution in [0.15, 0.2) is 47.6 Å². The number of hydrogen-bond acceptors (Lipinski definition) is 5. The number of H-pyrrole nitrogens is 1. The molecule has 0 aromatic carbocycles. The van der Waals surface area contributed by atoms with Crippen LogP contribution in [0, 0.1) is 0 Å². The predicted octanol–water partition coefficient (Wildman–Crippen LogP) is 2.61. The molecule has 0 radical (unpaired) electrons. The zero-order chi connectivity index (χ0) is 17.0. The van der Waals surface area contributed by atoms with Crippen molar-refractivity contribution in [2.75, 3.05) is 17.2 Å². The van der Waals surface area contributed by atoms with Crippen molar-refractivity contribution in [3.63, 3.8) is 0 Å². The molecule has 0 bridgehead atoms. The Balaban J connectivity index is 2.61. The fourth-order valence-corrected chi connectivity index (χ4v) is 2.12. The van der Waals surface area contributed by atoms with E-state index in [0.29, 0.717) is 17.0 Å². The maximum absolute atomic E-state index is 12.2. The number of hydrogen-bond donors (Lipinski definition) is 4. The normalized spacial score (nSPS) is 12.3. The zero-order valence-corrected chi connectivity index (χ0v) is 13.6. The third-order valence-electron chi connectivity index (χ3n) is 3.41. The highest BCUT2D eigenvalue weighted by Gasteiger charge is 2.19. The van der Waals surface area contributed by atoms with Gasteiger partial charge in [-0.15, -0.1) is 0 Å². The van der Waals surface area contributed by atoms with E-state index in [1.165, 1.54) is 0 Å². The molecule has 0 amide bonds. The van der Waals surface area contributed by atoms with E-state index in [4.69, 9.17) is 0 Å². The van der Waals surface area contributed by atoms with Gasteiger partial charge in [-0.2, -0.15) is 0 Å². The number of aromatic amines is 1. The van der Waals surface area contributed by atoms with Crippen LogP contribution >= 0.6 is 0 Å². The monoisotopic (exact) mass is 314 g/mol. The van der Waals surface area contributed by atoms with E-state index in [9.17, 15) is 9.90 Å². The van der Waals surface area contributed by atoms with Gasteiger partial charge < -0.3 is 20.7 Å². The molecule has 23 heavy (non-hydrogen) atoms. The van der Waals surface area contributed by atoms with E-state index in [2.05, 4.69) is 27.2 Å². The standard InChI is InChI=1S/C17H22N4O2/c1-5-12(6-2)19-13-9-11-7-8-18-16(23)14(11)15(20-13)21-17(3,4)10-22/h5-9,22H,1,10H2,2-4H3,(H,18,23)(H2,19,20,21)/b12-6-. The number of nitrogens with one attached hydrogen (secondary N) is 3. The first-order valence-corrected chi connectivity index (χ1v) is 7.37. The Morgan fingerprint density at radius 3 is 2.87 bits per heavy atom. The van der Waals surface area contributed by atoms with E-state index in [0.717, 1.165) is 11.1 Å². The molecule has 6 nitrogen and oxygen atoms in total. The summed E-state index contributed by atoms with van der Waals surface area (Å²) >= 11 is 0. The van der Waals surface area contributed by atoms with Gasteiger partial charge in [-0.1, -0.05) is 12.7 Å². The van der Waals surface area contributed by atoms with Crippen LogP contribution in [0.25, 0.3) is 10.8 Å². The van der Waals surface area contributed by atoms with Crippen molar-refractivity contribution < 1.29 is 5.11 Å². The second kappa shape index (κ2) is 6.66. The Labute approximate surface area is 135 Å². The first-order chi connectivity index (χ1) is 10.9. The molecule has 2 aromatic rings. The van der Waals surface area contributed by atoms with Crippen LogP contribution < -0.4 is 16.2 Å². The van der Waals surface area contributed by atoms with Crippen LogP contribution in [0.3, 0.4) is 0 Å². The quantitative estimate of drug-likeness (QED) is 0.615. The first-order valence-electron chi connectivity index (χ1n) is 7.37. The minimum absolute atomic E-state index is 0.0919. The highest BCUT2D eigenvalue weighted by Crippen LogP contribution is 2.25. The van der Waals surface area contributed by atoms with E-state index in [-0.39, 0.29) is 12.2 Å². The molecule has 0 saturated heterocycles. The molecule has 0 unspecified atom stereocenters. The molecule has 2 heterocycles. The van der Waals surface area contributed by atoms with Crippen molar-refractivity contribution in [3.05, 3.63) is 53.1 Å². The first kappa shape index (κ1) is 16.8. The summed E-state index contributed by atoms with van der Waals surface area (Å²) in [7, 11) is 0. The summed E-state index contributed by atoms with van der Waals surface area (Å²) in [6.07, 6.45) is 5.16. The number of aromatic nitrogens is 2. The van der Waals surface area contributed by atoms with Crippen molar-refractivity contribution in [1.82, 2.24) is 9.97 Å². The van der Waals surface area contributed by atoms with Gasteiger partial charge in [0.1, 0.15) is 11.6 Å². The fourth-order valence-electron chi connectivity index (χ4n) is 2.12. The molecule has 0 spiro atoms. The third kappa shape index (κ3) is 3.78. The molecule has 2 aromatic heterocycles. The highest BCUT2D eigenvalue weighted by atomic mass is 16.3. The van der Waals surface area contributed by atoms with Crippen molar-refractivity contribution in [1.29, 1.82) is 0 Å². The van der Waals surface area contributed by atoms with Crippen molar-refractivity contribution in [3.8, 4) is 0 Å². The summed E-state index contributed by atoms with van der Waals surface area (Å²) in [5, 5.41) is 17.0. The molecule has 0 saturated carbocycles. The summed E-state index contributed by atoms with van der Waals surface area (Å²) in [4.78, 5) is 19.3. The van der Waals surface area contributed by atoms with E-state index < -0.39 is 5.54 Å². The minimum atomic E-state index is -0.608. The largest absolute Gasteiger partial charge is 0.394 e. The molecule has 2 rings (SSSR count). The van der Waals surface area contributed by atoms with Gasteiger partial charge in [0.2, 0.25) is 0 Å². The van der Waals surface area contributed by atoms with Crippen LogP contribution in [0.1, 0.15) is 20.8 Å². The number of aliphatic hydroxyl groups excluding tert-OH is 1. The van der Waals surface area contributed by atoms with Crippen molar-refractivity contribution in [2.45, 2.75) is 26.3 Å². The predicted molar refractivity (Wildman–Crippen MR) is 94.7 cm³/mol. The van der Waals surface area contributed by atoms with Gasteiger partial charge in [-0.25, -0.2) is 4.98 Å². The van der Waals surface area contributed by atoms with Crippen molar-refractivity contribution >= 4 is 22.4 Å². The minimum Gasteiger partial charge on any atom is -0.394 e. The zero-order valence-electron chi connectivity index (χ0n) is 13.6. The Bertz CT molecular complexity index is 806. The lowest BCUT2D eigenvalue weighted by Gasteiger charge is -2.25. The van der Waals surface area contributed by atoms with Gasteiger partial charge in [0.05, 0.1) is 17.5 Å². The lowest BCUT2D eigenvalue weighted by molar-refractivity contribution is 0.234. The Hall–Kier alpha value is -2.60. The van der Waals surface area contributed by atoms with Crippen LogP contribution in [0.5, 0.6) is 0 Å². The average molecular weight is 314 g/mol. The number of nitrogens with zero attached hydrogens (tertiary/aromatic N) is 1. The van der Waals surface area contributed by atoms with Crippen LogP contribution in [0.4, 0.5) is 11.6 Å². The van der Waals surface area contributed by atoms with Gasteiger partial charge in [-0.3, -0.25) is 4.79 Å². The number of allylic oxidation sites excluding steroid dienone is 2.